The average molecular weight is 302 g/mol. The summed E-state index contributed by atoms with van der Waals surface area (Å²) in [7, 11) is 0. The predicted octanol–water partition coefficient (Wildman–Crippen LogP) is 3.49. The number of rotatable bonds is 12. The largest absolute Gasteiger partial charge is 0.481 e. The minimum absolute atomic E-state index is 0.0505. The topological polar surface area (TPSA) is 83.8 Å². The van der Waals surface area contributed by atoms with Crippen LogP contribution < -0.4 is 0 Å². The van der Waals surface area contributed by atoms with Crippen molar-refractivity contribution in [1.82, 2.24) is 0 Å². The van der Waals surface area contributed by atoms with Gasteiger partial charge in [-0.05, 0) is 25.7 Å². The van der Waals surface area contributed by atoms with E-state index in [9.17, 15) is 14.7 Å². The normalized spacial score (nSPS) is 15.2. The summed E-state index contributed by atoms with van der Waals surface area (Å²) in [5, 5.41) is 19.1. The summed E-state index contributed by atoms with van der Waals surface area (Å²) in [6.45, 7) is 5.89. The highest BCUT2D eigenvalue weighted by atomic mass is 16.7. The van der Waals surface area contributed by atoms with Crippen LogP contribution in [0.2, 0.25) is 0 Å². The molecule has 0 radical (unpaired) electrons. The van der Waals surface area contributed by atoms with Crippen molar-refractivity contribution in [2.24, 2.45) is 5.92 Å². The molecule has 21 heavy (non-hydrogen) atoms. The van der Waals surface area contributed by atoms with E-state index in [0.717, 1.165) is 25.7 Å². The lowest BCUT2D eigenvalue weighted by atomic mass is 9.88. The maximum atomic E-state index is 11.8. The molecule has 0 aromatic heterocycles. The number of carboxylic acid groups (broad SMARTS) is 1. The van der Waals surface area contributed by atoms with E-state index < -0.39 is 17.7 Å². The molecule has 0 spiro atoms. The highest BCUT2D eigenvalue weighted by Crippen LogP contribution is 2.31. The van der Waals surface area contributed by atoms with Gasteiger partial charge in [-0.15, -0.1) is 0 Å². The van der Waals surface area contributed by atoms with Crippen LogP contribution in [0.25, 0.3) is 0 Å². The molecule has 0 aliphatic carbocycles. The highest BCUT2D eigenvalue weighted by molar-refractivity contribution is 5.70. The van der Waals surface area contributed by atoms with Gasteiger partial charge in [0.1, 0.15) is 0 Å². The summed E-state index contributed by atoms with van der Waals surface area (Å²) in [4.78, 5) is 22.2. The lowest BCUT2D eigenvalue weighted by Gasteiger charge is -2.34. The van der Waals surface area contributed by atoms with Crippen LogP contribution in [0.1, 0.15) is 78.6 Å². The maximum Gasteiger partial charge on any atom is 0.308 e. The zero-order valence-corrected chi connectivity index (χ0v) is 13.6. The Hall–Kier alpha value is -1.10. The van der Waals surface area contributed by atoms with Gasteiger partial charge in [-0.25, -0.2) is 0 Å². The molecular weight excluding hydrogens is 272 g/mol. The molecule has 0 bridgehead atoms. The molecule has 5 heteroatoms. The van der Waals surface area contributed by atoms with E-state index in [-0.39, 0.29) is 18.8 Å². The van der Waals surface area contributed by atoms with Crippen molar-refractivity contribution in [3.05, 3.63) is 0 Å². The number of aliphatic hydroxyl groups is 1. The number of carbonyl (C=O) groups is 2. The fourth-order valence-corrected chi connectivity index (χ4v) is 2.44. The van der Waals surface area contributed by atoms with Crippen molar-refractivity contribution in [2.45, 2.75) is 84.3 Å². The monoisotopic (exact) mass is 302 g/mol. The molecule has 0 aromatic carbocycles. The summed E-state index contributed by atoms with van der Waals surface area (Å²) in [5.74, 6) is -2.75. The summed E-state index contributed by atoms with van der Waals surface area (Å²) in [6, 6.07) is 0. The number of carboxylic acids is 1. The van der Waals surface area contributed by atoms with Gasteiger partial charge in [0, 0.05) is 25.2 Å². The van der Waals surface area contributed by atoms with E-state index in [2.05, 4.69) is 6.92 Å². The minimum atomic E-state index is -1.40. The molecule has 0 rings (SSSR count). The predicted molar refractivity (Wildman–Crippen MR) is 80.7 cm³/mol. The molecule has 0 heterocycles. The first kappa shape index (κ1) is 19.9. The van der Waals surface area contributed by atoms with Crippen LogP contribution in [0.5, 0.6) is 0 Å². The Morgan fingerprint density at radius 1 is 1.10 bits per heavy atom. The molecule has 0 saturated carbocycles. The van der Waals surface area contributed by atoms with Gasteiger partial charge in [0.25, 0.3) is 0 Å². The van der Waals surface area contributed by atoms with Gasteiger partial charge >= 0.3 is 11.9 Å². The van der Waals surface area contributed by atoms with E-state index in [1.807, 2.05) is 13.8 Å². The number of ether oxygens (including phenoxy) is 1. The summed E-state index contributed by atoms with van der Waals surface area (Å²) in [5.41, 5.74) is 0. The Balaban J connectivity index is 4.36. The van der Waals surface area contributed by atoms with Gasteiger partial charge < -0.3 is 14.9 Å². The molecule has 124 valence electrons. The standard InChI is InChI=1S/C16H30O5/c1-4-7-10-13(5-2)16(20,6-3)21-15(19)12-9-8-11-14(17)18/h13,20H,4-12H2,1-3H3,(H,17,18). The second-order valence-electron chi connectivity index (χ2n) is 5.52. The molecular formula is C16H30O5. The van der Waals surface area contributed by atoms with Crippen LogP contribution in [-0.2, 0) is 14.3 Å². The lowest BCUT2D eigenvalue weighted by Crippen LogP contribution is -2.42. The molecule has 0 saturated heterocycles. The van der Waals surface area contributed by atoms with Crippen molar-refractivity contribution in [3.8, 4) is 0 Å². The van der Waals surface area contributed by atoms with Gasteiger partial charge in [-0.2, -0.15) is 0 Å². The first-order valence-corrected chi connectivity index (χ1v) is 8.05. The van der Waals surface area contributed by atoms with Crippen molar-refractivity contribution in [3.63, 3.8) is 0 Å². The molecule has 0 aliphatic heterocycles. The third kappa shape index (κ3) is 8.05. The zero-order chi connectivity index (χ0) is 16.3. The lowest BCUT2D eigenvalue weighted by molar-refractivity contribution is -0.235. The van der Waals surface area contributed by atoms with E-state index in [4.69, 9.17) is 9.84 Å². The van der Waals surface area contributed by atoms with Gasteiger partial charge in [-0.1, -0.05) is 33.6 Å². The van der Waals surface area contributed by atoms with Gasteiger partial charge in [0.2, 0.25) is 5.79 Å². The van der Waals surface area contributed by atoms with Crippen molar-refractivity contribution >= 4 is 11.9 Å². The molecule has 0 aliphatic rings. The minimum Gasteiger partial charge on any atom is -0.481 e. The number of esters is 1. The van der Waals surface area contributed by atoms with Crippen molar-refractivity contribution in [2.75, 3.05) is 0 Å². The Labute approximate surface area is 127 Å². The Morgan fingerprint density at radius 3 is 2.19 bits per heavy atom. The third-order valence-electron chi connectivity index (χ3n) is 3.86. The van der Waals surface area contributed by atoms with E-state index >= 15 is 0 Å². The SMILES string of the molecule is CCCCC(CC)C(O)(CC)OC(=O)CCCCC(=O)O. The fourth-order valence-electron chi connectivity index (χ4n) is 2.44. The molecule has 0 aromatic rings. The van der Waals surface area contributed by atoms with Crippen LogP contribution in [0.15, 0.2) is 0 Å². The first-order chi connectivity index (χ1) is 9.89. The Kier molecular flexibility index (Phi) is 10.0. The van der Waals surface area contributed by atoms with E-state index in [0.29, 0.717) is 19.3 Å². The van der Waals surface area contributed by atoms with Crippen LogP contribution in [0.4, 0.5) is 0 Å². The van der Waals surface area contributed by atoms with Crippen molar-refractivity contribution < 1.29 is 24.5 Å². The highest BCUT2D eigenvalue weighted by Gasteiger charge is 2.37. The van der Waals surface area contributed by atoms with Crippen LogP contribution in [0, 0.1) is 5.92 Å². The summed E-state index contributed by atoms with van der Waals surface area (Å²) >= 11 is 0. The Morgan fingerprint density at radius 2 is 1.71 bits per heavy atom. The van der Waals surface area contributed by atoms with E-state index in [1.165, 1.54) is 0 Å². The van der Waals surface area contributed by atoms with E-state index in [1.54, 1.807) is 0 Å². The fraction of sp³-hybridized carbons (Fsp3) is 0.875. The van der Waals surface area contributed by atoms with Crippen LogP contribution >= 0.6 is 0 Å². The quantitative estimate of drug-likeness (QED) is 0.327. The third-order valence-corrected chi connectivity index (χ3v) is 3.86. The second kappa shape index (κ2) is 10.6. The molecule has 2 N–H and O–H groups in total. The number of carbonyl (C=O) groups excluding carboxylic acids is 1. The number of unbranched alkanes of at least 4 members (excludes halogenated alkanes) is 2. The smallest absolute Gasteiger partial charge is 0.308 e. The van der Waals surface area contributed by atoms with Gasteiger partial charge in [-0.3, -0.25) is 9.59 Å². The van der Waals surface area contributed by atoms with Gasteiger partial charge in [0.15, 0.2) is 0 Å². The molecule has 0 amide bonds. The molecule has 2 unspecified atom stereocenters. The molecule has 5 nitrogen and oxygen atoms in total. The second-order valence-corrected chi connectivity index (χ2v) is 5.52. The average Bonchev–Trinajstić information content (AvgIpc) is 2.44. The van der Waals surface area contributed by atoms with Crippen molar-refractivity contribution in [1.29, 1.82) is 0 Å². The summed E-state index contributed by atoms with van der Waals surface area (Å²) < 4.78 is 5.31. The maximum absolute atomic E-state index is 11.8. The summed E-state index contributed by atoms with van der Waals surface area (Å²) in [6.07, 6.45) is 5.13. The number of aliphatic carboxylic acids is 1. The zero-order valence-electron chi connectivity index (χ0n) is 13.6. The van der Waals surface area contributed by atoms with Crippen LogP contribution in [0.3, 0.4) is 0 Å². The number of hydrogen-bond acceptors (Lipinski definition) is 4. The van der Waals surface area contributed by atoms with Gasteiger partial charge in [0.05, 0.1) is 0 Å². The Bertz CT molecular complexity index is 316. The van der Waals surface area contributed by atoms with Crippen LogP contribution in [-0.4, -0.2) is 27.9 Å². The number of hydrogen-bond donors (Lipinski definition) is 2. The first-order valence-electron chi connectivity index (χ1n) is 8.05. The molecule has 0 fully saturated rings. The molecule has 2 atom stereocenters.